The van der Waals surface area contributed by atoms with Gasteiger partial charge in [-0.15, -0.1) is 5.10 Å². The normalized spacial score (nSPS) is 21.5. The highest BCUT2D eigenvalue weighted by atomic mass is 16.3. The molecule has 3 heterocycles. The number of carbonyl (C=O) groups is 1. The zero-order valence-corrected chi connectivity index (χ0v) is 16.1. The largest absolute Gasteiger partial charge is 0.393 e. The van der Waals surface area contributed by atoms with Gasteiger partial charge in [-0.05, 0) is 68.0 Å². The number of nitrogens with one attached hydrogen (secondary N) is 3. The number of nitrogens with zero attached hydrogens (tertiary/aromatic N) is 3. The SMILES string of the molecule is O=C1NCCc2cc(Nc3nc4cccc(N[C@H]5CC[C@@H](O)CC5)n4n3)ccc21. The van der Waals surface area contributed by atoms with Gasteiger partial charge >= 0.3 is 0 Å². The topological polar surface area (TPSA) is 104 Å². The van der Waals surface area contributed by atoms with Crippen molar-refractivity contribution in [3.63, 3.8) is 0 Å². The molecule has 29 heavy (non-hydrogen) atoms. The quantitative estimate of drug-likeness (QED) is 0.544. The average Bonchev–Trinajstić information content (AvgIpc) is 3.13. The molecule has 1 saturated carbocycles. The van der Waals surface area contributed by atoms with Crippen molar-refractivity contribution in [2.45, 2.75) is 44.2 Å². The van der Waals surface area contributed by atoms with E-state index in [1.807, 2.05) is 36.4 Å². The summed E-state index contributed by atoms with van der Waals surface area (Å²) in [4.78, 5) is 16.5. The summed E-state index contributed by atoms with van der Waals surface area (Å²) >= 11 is 0. The predicted octanol–water partition coefficient (Wildman–Crippen LogP) is 2.47. The van der Waals surface area contributed by atoms with Crippen LogP contribution in [0.15, 0.2) is 36.4 Å². The molecule has 150 valence electrons. The van der Waals surface area contributed by atoms with Crippen LogP contribution in [0.2, 0.25) is 0 Å². The zero-order valence-electron chi connectivity index (χ0n) is 16.1. The molecule has 2 aliphatic rings. The summed E-state index contributed by atoms with van der Waals surface area (Å²) in [6, 6.07) is 11.9. The summed E-state index contributed by atoms with van der Waals surface area (Å²) in [7, 11) is 0. The molecule has 1 amide bonds. The van der Waals surface area contributed by atoms with Gasteiger partial charge in [0.1, 0.15) is 5.82 Å². The van der Waals surface area contributed by atoms with Gasteiger partial charge in [-0.25, -0.2) is 0 Å². The smallest absolute Gasteiger partial charge is 0.251 e. The summed E-state index contributed by atoms with van der Waals surface area (Å²) in [5.74, 6) is 1.39. The number of hydrogen-bond acceptors (Lipinski definition) is 6. The van der Waals surface area contributed by atoms with Crippen LogP contribution in [0.3, 0.4) is 0 Å². The van der Waals surface area contributed by atoms with Gasteiger partial charge in [0, 0.05) is 23.8 Å². The van der Waals surface area contributed by atoms with Gasteiger partial charge in [-0.2, -0.15) is 9.50 Å². The fraction of sp³-hybridized carbons (Fsp3) is 0.381. The van der Waals surface area contributed by atoms with Crippen LogP contribution >= 0.6 is 0 Å². The molecule has 1 aliphatic heterocycles. The van der Waals surface area contributed by atoms with Gasteiger partial charge in [-0.3, -0.25) is 4.79 Å². The average molecular weight is 392 g/mol. The zero-order chi connectivity index (χ0) is 19.8. The number of aliphatic hydroxyl groups is 1. The first-order valence-electron chi connectivity index (χ1n) is 10.1. The Morgan fingerprint density at radius 2 is 2.00 bits per heavy atom. The van der Waals surface area contributed by atoms with Crippen LogP contribution in [-0.4, -0.2) is 44.3 Å². The summed E-state index contributed by atoms with van der Waals surface area (Å²) in [6.07, 6.45) is 4.19. The molecule has 1 aromatic carbocycles. The molecular weight excluding hydrogens is 368 g/mol. The third-order valence-corrected chi connectivity index (χ3v) is 5.69. The first kappa shape index (κ1) is 17.9. The number of carbonyl (C=O) groups excluding carboxylic acids is 1. The number of anilines is 3. The lowest BCUT2D eigenvalue weighted by Crippen LogP contribution is -2.31. The van der Waals surface area contributed by atoms with E-state index in [9.17, 15) is 9.90 Å². The van der Waals surface area contributed by atoms with Gasteiger partial charge in [-0.1, -0.05) is 6.07 Å². The van der Waals surface area contributed by atoms with Crippen molar-refractivity contribution in [1.29, 1.82) is 0 Å². The second-order valence-corrected chi connectivity index (χ2v) is 7.77. The van der Waals surface area contributed by atoms with Gasteiger partial charge in [0.2, 0.25) is 5.95 Å². The molecule has 0 spiro atoms. The van der Waals surface area contributed by atoms with Crippen LogP contribution in [0.1, 0.15) is 41.6 Å². The standard InChI is InChI=1S/C21H24N6O2/c28-16-7-4-14(5-8-16)23-18-2-1-3-19-25-21(26-27(18)19)24-15-6-9-17-13(12-15)10-11-22-20(17)29/h1-3,6,9,12,14,16,23,28H,4-5,7-8,10-11H2,(H,22,29)(H,24,26)/t14-,16+. The number of hydrogen-bond donors (Lipinski definition) is 4. The minimum atomic E-state index is -0.172. The molecule has 0 saturated heterocycles. The number of aliphatic hydroxyl groups excluding tert-OH is 1. The van der Waals surface area contributed by atoms with E-state index < -0.39 is 0 Å². The predicted molar refractivity (Wildman–Crippen MR) is 111 cm³/mol. The number of aromatic nitrogens is 3. The summed E-state index contributed by atoms with van der Waals surface area (Å²) < 4.78 is 1.80. The Bertz CT molecular complexity index is 1050. The third-order valence-electron chi connectivity index (χ3n) is 5.69. The van der Waals surface area contributed by atoms with Crippen LogP contribution in [-0.2, 0) is 6.42 Å². The van der Waals surface area contributed by atoms with Crippen LogP contribution in [0.25, 0.3) is 5.65 Å². The van der Waals surface area contributed by atoms with Crippen molar-refractivity contribution in [1.82, 2.24) is 19.9 Å². The van der Waals surface area contributed by atoms with Gasteiger partial charge in [0.25, 0.3) is 5.91 Å². The van der Waals surface area contributed by atoms with Crippen LogP contribution in [0.5, 0.6) is 0 Å². The second-order valence-electron chi connectivity index (χ2n) is 7.77. The fourth-order valence-electron chi connectivity index (χ4n) is 4.13. The van der Waals surface area contributed by atoms with E-state index >= 15 is 0 Å². The van der Waals surface area contributed by atoms with Crippen molar-refractivity contribution < 1.29 is 9.90 Å². The molecule has 5 rings (SSSR count). The fourth-order valence-corrected chi connectivity index (χ4v) is 4.13. The Labute approximate surface area is 168 Å². The molecule has 8 nitrogen and oxygen atoms in total. The van der Waals surface area contributed by atoms with Crippen molar-refractivity contribution in [3.05, 3.63) is 47.5 Å². The number of pyridine rings is 1. The second kappa shape index (κ2) is 7.36. The number of amides is 1. The third kappa shape index (κ3) is 3.63. The Morgan fingerprint density at radius 3 is 2.86 bits per heavy atom. The van der Waals surface area contributed by atoms with Gasteiger partial charge < -0.3 is 21.1 Å². The molecule has 0 radical (unpaired) electrons. The van der Waals surface area contributed by atoms with E-state index in [2.05, 4.69) is 26.0 Å². The maximum atomic E-state index is 11.9. The molecule has 0 unspecified atom stereocenters. The molecular formula is C21H24N6O2. The highest BCUT2D eigenvalue weighted by Gasteiger charge is 2.20. The Morgan fingerprint density at radius 1 is 1.14 bits per heavy atom. The van der Waals surface area contributed by atoms with Crippen molar-refractivity contribution >= 4 is 29.0 Å². The van der Waals surface area contributed by atoms with Crippen molar-refractivity contribution in [3.8, 4) is 0 Å². The molecule has 1 fully saturated rings. The lowest BCUT2D eigenvalue weighted by molar-refractivity contribution is 0.0946. The highest BCUT2D eigenvalue weighted by Crippen LogP contribution is 2.24. The van der Waals surface area contributed by atoms with E-state index in [1.54, 1.807) is 4.52 Å². The maximum absolute atomic E-state index is 11.9. The van der Waals surface area contributed by atoms with Crippen LogP contribution in [0, 0.1) is 0 Å². The minimum absolute atomic E-state index is 0.0189. The molecule has 0 atom stereocenters. The first-order chi connectivity index (χ1) is 14.2. The van der Waals surface area contributed by atoms with E-state index in [1.165, 1.54) is 0 Å². The molecule has 2 aromatic heterocycles. The van der Waals surface area contributed by atoms with E-state index in [0.717, 1.165) is 60.4 Å². The van der Waals surface area contributed by atoms with Crippen molar-refractivity contribution in [2.75, 3.05) is 17.2 Å². The lowest BCUT2D eigenvalue weighted by Gasteiger charge is -2.26. The van der Waals surface area contributed by atoms with E-state index in [4.69, 9.17) is 0 Å². The van der Waals surface area contributed by atoms with Crippen LogP contribution in [0.4, 0.5) is 17.5 Å². The Hall–Kier alpha value is -3.13. The maximum Gasteiger partial charge on any atom is 0.251 e. The number of rotatable bonds is 4. The van der Waals surface area contributed by atoms with Gasteiger partial charge in [0.05, 0.1) is 6.10 Å². The minimum Gasteiger partial charge on any atom is -0.393 e. The lowest BCUT2D eigenvalue weighted by atomic mass is 9.93. The summed E-state index contributed by atoms with van der Waals surface area (Å²) in [6.45, 7) is 0.662. The van der Waals surface area contributed by atoms with E-state index in [-0.39, 0.29) is 12.0 Å². The summed E-state index contributed by atoms with van der Waals surface area (Å²) in [5.41, 5.74) is 3.38. The van der Waals surface area contributed by atoms with Gasteiger partial charge in [0.15, 0.2) is 5.65 Å². The molecule has 0 bridgehead atoms. The van der Waals surface area contributed by atoms with Crippen molar-refractivity contribution in [2.24, 2.45) is 0 Å². The highest BCUT2D eigenvalue weighted by molar-refractivity contribution is 5.97. The Kier molecular flexibility index (Phi) is 4.55. The summed E-state index contributed by atoms with van der Waals surface area (Å²) in [5, 5.41) is 24.0. The van der Waals surface area contributed by atoms with E-state index in [0.29, 0.717) is 18.5 Å². The van der Waals surface area contributed by atoms with Crippen LogP contribution < -0.4 is 16.0 Å². The number of benzene rings is 1. The first-order valence-corrected chi connectivity index (χ1v) is 10.1. The Balaban J connectivity index is 1.37. The monoisotopic (exact) mass is 392 g/mol. The number of fused-ring (bicyclic) bond motifs is 2. The molecule has 4 N–H and O–H groups in total. The molecule has 8 heteroatoms. The molecule has 3 aromatic rings. The molecule has 1 aliphatic carbocycles.